The van der Waals surface area contributed by atoms with Gasteiger partial charge in [-0.15, -0.1) is 13.2 Å². The van der Waals surface area contributed by atoms with Gasteiger partial charge in [-0.25, -0.2) is 0 Å². The summed E-state index contributed by atoms with van der Waals surface area (Å²) in [6.45, 7) is 2.92. The number of fused-ring (bicyclic) bond motifs is 1. The van der Waals surface area contributed by atoms with Crippen molar-refractivity contribution < 1.29 is 32.0 Å². The summed E-state index contributed by atoms with van der Waals surface area (Å²) < 4.78 is 52.0. The second-order valence-corrected chi connectivity index (χ2v) is 7.12. The van der Waals surface area contributed by atoms with E-state index in [1.54, 1.807) is 23.1 Å². The van der Waals surface area contributed by atoms with E-state index in [1.807, 2.05) is 6.92 Å². The number of rotatable bonds is 6. The van der Waals surface area contributed by atoms with Gasteiger partial charge in [-0.1, -0.05) is 18.2 Å². The predicted molar refractivity (Wildman–Crippen MR) is 102 cm³/mol. The van der Waals surface area contributed by atoms with E-state index in [0.29, 0.717) is 28.8 Å². The number of benzene rings is 2. The molecule has 1 aromatic heterocycles. The molecule has 4 rings (SSSR count). The van der Waals surface area contributed by atoms with Crippen LogP contribution in [-0.4, -0.2) is 41.5 Å². The lowest BCUT2D eigenvalue weighted by atomic mass is 10.0. The van der Waals surface area contributed by atoms with Crippen molar-refractivity contribution in [2.24, 2.45) is 0 Å². The van der Waals surface area contributed by atoms with Gasteiger partial charge in [-0.2, -0.15) is 0 Å². The summed E-state index contributed by atoms with van der Waals surface area (Å²) in [5.74, 6) is 0.144. The highest BCUT2D eigenvalue weighted by Gasteiger charge is 2.31. The van der Waals surface area contributed by atoms with Crippen molar-refractivity contribution in [1.29, 1.82) is 0 Å². The number of carbonyl (C=O) groups is 1. The third kappa shape index (κ3) is 4.34. The van der Waals surface area contributed by atoms with E-state index in [9.17, 15) is 18.0 Å². The van der Waals surface area contributed by atoms with Crippen LogP contribution in [0.5, 0.6) is 11.6 Å². The summed E-state index contributed by atoms with van der Waals surface area (Å²) in [7, 11) is 0. The molecule has 0 N–H and O–H groups in total. The number of hydrogen-bond donors (Lipinski definition) is 0. The zero-order chi connectivity index (χ0) is 21.3. The van der Waals surface area contributed by atoms with Gasteiger partial charge in [-0.05, 0) is 53.9 Å². The van der Waals surface area contributed by atoms with Crippen LogP contribution in [0, 0.1) is 0 Å². The molecule has 1 aliphatic rings. The fraction of sp³-hybridized carbons (Fsp3) is 0.333. The van der Waals surface area contributed by atoms with Gasteiger partial charge in [-0.3, -0.25) is 4.79 Å². The predicted octanol–water partition coefficient (Wildman–Crippen LogP) is 4.78. The Morgan fingerprint density at radius 2 is 1.90 bits per heavy atom. The van der Waals surface area contributed by atoms with Crippen molar-refractivity contribution >= 4 is 16.9 Å². The zero-order valence-corrected chi connectivity index (χ0v) is 16.1. The minimum Gasteiger partial charge on any atom is -0.473 e. The van der Waals surface area contributed by atoms with Gasteiger partial charge in [0.25, 0.3) is 5.88 Å². The Bertz CT molecular complexity index is 1050. The molecule has 1 aliphatic heterocycles. The Morgan fingerprint density at radius 1 is 1.17 bits per heavy atom. The SMILES string of the molecule is CC(COc1noc2ccc(-c3ccc(OC(F)(F)F)cc3)cc12)N1CCCC1=O. The lowest BCUT2D eigenvalue weighted by Crippen LogP contribution is -2.38. The van der Waals surface area contributed by atoms with Gasteiger partial charge < -0.3 is 18.9 Å². The standard InChI is InChI=1S/C21H19F3N2O4/c1-13(26-10-2-3-19(26)27)12-28-20-17-11-15(6-9-18(17)30-25-20)14-4-7-16(8-5-14)29-21(22,23)24/h4-9,11,13H,2-3,10,12H2,1H3. The number of nitrogens with zero attached hydrogens (tertiary/aromatic N) is 2. The maximum atomic E-state index is 12.3. The highest BCUT2D eigenvalue weighted by atomic mass is 19.4. The number of halogens is 3. The molecule has 1 saturated heterocycles. The van der Waals surface area contributed by atoms with Crippen LogP contribution in [0.25, 0.3) is 22.1 Å². The van der Waals surface area contributed by atoms with E-state index in [0.717, 1.165) is 18.5 Å². The molecule has 1 unspecified atom stereocenters. The summed E-state index contributed by atoms with van der Waals surface area (Å²) in [6, 6.07) is 10.8. The van der Waals surface area contributed by atoms with Gasteiger partial charge in [0.1, 0.15) is 12.4 Å². The number of ether oxygens (including phenoxy) is 2. The Balaban J connectivity index is 1.50. The molecule has 3 aromatic rings. The van der Waals surface area contributed by atoms with Crippen molar-refractivity contribution in [3.8, 4) is 22.8 Å². The third-order valence-corrected chi connectivity index (χ3v) is 4.96. The maximum absolute atomic E-state index is 12.3. The van der Waals surface area contributed by atoms with E-state index in [4.69, 9.17) is 9.26 Å². The van der Waals surface area contributed by atoms with Gasteiger partial charge in [0.05, 0.1) is 11.4 Å². The van der Waals surface area contributed by atoms with E-state index < -0.39 is 6.36 Å². The van der Waals surface area contributed by atoms with Crippen molar-refractivity contribution in [3.05, 3.63) is 42.5 Å². The third-order valence-electron chi connectivity index (χ3n) is 4.96. The van der Waals surface area contributed by atoms with Crippen LogP contribution in [0.4, 0.5) is 13.2 Å². The summed E-state index contributed by atoms with van der Waals surface area (Å²) >= 11 is 0. The van der Waals surface area contributed by atoms with Crippen LogP contribution in [-0.2, 0) is 4.79 Å². The normalized spacial score (nSPS) is 15.6. The molecule has 1 atom stereocenters. The number of carbonyl (C=O) groups excluding carboxylic acids is 1. The van der Waals surface area contributed by atoms with Gasteiger partial charge in [0.2, 0.25) is 5.91 Å². The number of hydrogen-bond acceptors (Lipinski definition) is 5. The molecule has 9 heteroatoms. The van der Waals surface area contributed by atoms with Gasteiger partial charge >= 0.3 is 6.36 Å². The van der Waals surface area contributed by atoms with Crippen LogP contribution < -0.4 is 9.47 Å². The Labute approximate surface area is 170 Å². The average molecular weight is 420 g/mol. The smallest absolute Gasteiger partial charge is 0.473 e. The summed E-state index contributed by atoms with van der Waals surface area (Å²) in [4.78, 5) is 13.6. The molecule has 2 aromatic carbocycles. The van der Waals surface area contributed by atoms with Crippen LogP contribution in [0.2, 0.25) is 0 Å². The molecule has 1 amide bonds. The first-order chi connectivity index (χ1) is 14.3. The molecule has 30 heavy (non-hydrogen) atoms. The summed E-state index contributed by atoms with van der Waals surface area (Å²) in [6.07, 6.45) is -3.31. The molecule has 6 nitrogen and oxygen atoms in total. The number of likely N-dealkylation sites (tertiary alicyclic amines) is 1. The molecule has 0 bridgehead atoms. The van der Waals surface area contributed by atoms with E-state index in [1.165, 1.54) is 24.3 Å². The maximum Gasteiger partial charge on any atom is 0.573 e. The molecule has 0 radical (unpaired) electrons. The van der Waals surface area contributed by atoms with Crippen molar-refractivity contribution in [1.82, 2.24) is 10.1 Å². The fourth-order valence-electron chi connectivity index (χ4n) is 3.47. The lowest BCUT2D eigenvalue weighted by Gasteiger charge is -2.23. The zero-order valence-electron chi connectivity index (χ0n) is 16.1. The Kier molecular flexibility index (Phi) is 5.27. The number of alkyl halides is 3. The number of amides is 1. The molecule has 0 spiro atoms. The molecular formula is C21H19F3N2O4. The average Bonchev–Trinajstić information content (AvgIpc) is 3.31. The molecule has 1 fully saturated rings. The summed E-state index contributed by atoms with van der Waals surface area (Å²) in [5, 5.41) is 4.60. The van der Waals surface area contributed by atoms with Crippen LogP contribution in [0.1, 0.15) is 19.8 Å². The second-order valence-electron chi connectivity index (χ2n) is 7.12. The minimum absolute atomic E-state index is 0.0869. The van der Waals surface area contributed by atoms with E-state index >= 15 is 0 Å². The van der Waals surface area contributed by atoms with Gasteiger partial charge in [0.15, 0.2) is 5.58 Å². The molecule has 2 heterocycles. The van der Waals surface area contributed by atoms with E-state index in [2.05, 4.69) is 9.89 Å². The second kappa shape index (κ2) is 7.89. The topological polar surface area (TPSA) is 64.8 Å². The monoisotopic (exact) mass is 420 g/mol. The molecular weight excluding hydrogens is 401 g/mol. The first-order valence-electron chi connectivity index (χ1n) is 9.48. The molecule has 0 aliphatic carbocycles. The Morgan fingerprint density at radius 3 is 2.57 bits per heavy atom. The van der Waals surface area contributed by atoms with Crippen LogP contribution in [0.15, 0.2) is 47.0 Å². The summed E-state index contributed by atoms with van der Waals surface area (Å²) in [5.41, 5.74) is 1.99. The van der Waals surface area contributed by atoms with Crippen molar-refractivity contribution in [2.75, 3.05) is 13.2 Å². The highest BCUT2D eigenvalue weighted by Crippen LogP contribution is 2.32. The van der Waals surface area contributed by atoms with Gasteiger partial charge in [0, 0.05) is 13.0 Å². The first kappa shape index (κ1) is 20.1. The number of aromatic nitrogens is 1. The lowest BCUT2D eigenvalue weighted by molar-refractivity contribution is -0.274. The minimum atomic E-state index is -4.73. The van der Waals surface area contributed by atoms with Crippen molar-refractivity contribution in [3.63, 3.8) is 0 Å². The van der Waals surface area contributed by atoms with E-state index in [-0.39, 0.29) is 24.3 Å². The largest absolute Gasteiger partial charge is 0.573 e. The molecule has 158 valence electrons. The van der Waals surface area contributed by atoms with Crippen LogP contribution in [0.3, 0.4) is 0 Å². The highest BCUT2D eigenvalue weighted by molar-refractivity contribution is 5.87. The van der Waals surface area contributed by atoms with Crippen LogP contribution >= 0.6 is 0 Å². The fourth-order valence-corrected chi connectivity index (χ4v) is 3.47. The quantitative estimate of drug-likeness (QED) is 0.574. The molecule has 0 saturated carbocycles. The Hall–Kier alpha value is -3.23. The van der Waals surface area contributed by atoms with Crippen molar-refractivity contribution in [2.45, 2.75) is 32.2 Å². The first-order valence-corrected chi connectivity index (χ1v) is 9.48.